The molecule has 3 rings (SSSR count). The maximum atomic E-state index is 12.8. The number of rotatable bonds is 3. The van der Waals surface area contributed by atoms with E-state index in [1.165, 1.54) is 11.3 Å². The van der Waals surface area contributed by atoms with E-state index >= 15 is 0 Å². The number of carbonyl (C=O) groups excluding carboxylic acids is 2. The fraction of sp³-hybridized carbons (Fsp3) is 0.250. The molecule has 0 unspecified atom stereocenters. The number of hydrogen-bond donors (Lipinski definition) is 2. The molecule has 0 aliphatic heterocycles. The van der Waals surface area contributed by atoms with Crippen molar-refractivity contribution in [2.24, 2.45) is 5.73 Å². The molecule has 26 heavy (non-hydrogen) atoms. The van der Waals surface area contributed by atoms with Crippen molar-refractivity contribution < 1.29 is 9.59 Å². The highest BCUT2D eigenvalue weighted by Gasteiger charge is 2.28. The number of nitrogens with one attached hydrogen (secondary N) is 1. The van der Waals surface area contributed by atoms with Gasteiger partial charge in [-0.1, -0.05) is 58.0 Å². The summed E-state index contributed by atoms with van der Waals surface area (Å²) in [5, 5.41) is 2.61. The first-order valence-corrected chi connectivity index (χ1v) is 10.2. The quantitative estimate of drug-likeness (QED) is 0.410. The zero-order valence-corrected chi connectivity index (χ0v) is 17.6. The predicted octanol–water partition coefficient (Wildman–Crippen LogP) is 6.25. The molecule has 138 valence electrons. The van der Waals surface area contributed by atoms with Crippen LogP contribution in [0.3, 0.4) is 0 Å². The number of benzene rings is 1. The molecule has 4 nitrogen and oxygen atoms in total. The standard InChI is InChI=1S/C16H11Cl5N2O2S/c17-9-8(10(18)12(20)13(21)11(9)19)15(25)23-16-7(14(22)24)5-3-1-2-4-6(5)26-16/h1-4H2,(H2,22,24)(H,23,25). The number of halogens is 5. The Labute approximate surface area is 178 Å². The molecule has 1 heterocycles. The van der Waals surface area contributed by atoms with Gasteiger partial charge in [-0.25, -0.2) is 0 Å². The van der Waals surface area contributed by atoms with Crippen LogP contribution in [-0.2, 0) is 12.8 Å². The van der Waals surface area contributed by atoms with Crippen molar-refractivity contribution in [3.8, 4) is 0 Å². The van der Waals surface area contributed by atoms with Crippen LogP contribution in [0.1, 0.15) is 44.0 Å². The summed E-state index contributed by atoms with van der Waals surface area (Å²) in [5.74, 6) is -1.24. The monoisotopic (exact) mass is 470 g/mol. The Hall–Kier alpha value is -0.690. The first-order chi connectivity index (χ1) is 12.2. The molecule has 2 amide bonds. The third-order valence-electron chi connectivity index (χ3n) is 4.08. The zero-order valence-electron chi connectivity index (χ0n) is 13.0. The average Bonchev–Trinajstić information content (AvgIpc) is 2.96. The summed E-state index contributed by atoms with van der Waals surface area (Å²) in [6.45, 7) is 0. The summed E-state index contributed by atoms with van der Waals surface area (Å²) in [5.41, 5.74) is 6.64. The van der Waals surface area contributed by atoms with E-state index in [2.05, 4.69) is 5.32 Å². The lowest BCUT2D eigenvalue weighted by Gasteiger charge is -2.13. The Balaban J connectivity index is 2.05. The van der Waals surface area contributed by atoms with Crippen molar-refractivity contribution in [2.75, 3.05) is 5.32 Å². The lowest BCUT2D eigenvalue weighted by atomic mass is 9.95. The van der Waals surface area contributed by atoms with Crippen LogP contribution in [0.25, 0.3) is 0 Å². The van der Waals surface area contributed by atoms with Gasteiger partial charge in [0.15, 0.2) is 0 Å². The molecule has 0 saturated heterocycles. The first kappa shape index (κ1) is 20.1. The second-order valence-corrected chi connectivity index (χ2v) is 8.67. The van der Waals surface area contributed by atoms with Gasteiger partial charge in [0.05, 0.1) is 36.2 Å². The molecule has 0 radical (unpaired) electrons. The average molecular weight is 473 g/mol. The third kappa shape index (κ3) is 3.41. The van der Waals surface area contributed by atoms with Gasteiger partial charge >= 0.3 is 0 Å². The van der Waals surface area contributed by atoms with Gasteiger partial charge < -0.3 is 11.1 Å². The summed E-state index contributed by atoms with van der Waals surface area (Å²) in [7, 11) is 0. The highest BCUT2D eigenvalue weighted by molar-refractivity contribution is 7.17. The van der Waals surface area contributed by atoms with Gasteiger partial charge in [0.1, 0.15) is 5.00 Å². The minimum absolute atomic E-state index is 0.0377. The second-order valence-electron chi connectivity index (χ2n) is 5.68. The van der Waals surface area contributed by atoms with Crippen LogP contribution in [0, 0.1) is 0 Å². The predicted molar refractivity (Wildman–Crippen MR) is 109 cm³/mol. The maximum Gasteiger partial charge on any atom is 0.259 e. The number of nitrogens with two attached hydrogens (primary N) is 1. The molecule has 1 aromatic heterocycles. The van der Waals surface area contributed by atoms with Gasteiger partial charge in [-0.05, 0) is 31.2 Å². The number of amides is 2. The van der Waals surface area contributed by atoms with Crippen molar-refractivity contribution in [1.29, 1.82) is 0 Å². The Morgan fingerprint density at radius 3 is 1.96 bits per heavy atom. The van der Waals surface area contributed by atoms with Gasteiger partial charge in [0.2, 0.25) is 0 Å². The number of hydrogen-bond acceptors (Lipinski definition) is 3. The van der Waals surface area contributed by atoms with E-state index in [1.54, 1.807) is 0 Å². The van der Waals surface area contributed by atoms with E-state index in [0.29, 0.717) is 10.6 Å². The minimum Gasteiger partial charge on any atom is -0.365 e. The van der Waals surface area contributed by atoms with E-state index in [4.69, 9.17) is 63.7 Å². The Morgan fingerprint density at radius 1 is 0.846 bits per heavy atom. The fourth-order valence-electron chi connectivity index (χ4n) is 2.88. The molecule has 2 aromatic rings. The van der Waals surface area contributed by atoms with E-state index < -0.39 is 11.8 Å². The van der Waals surface area contributed by atoms with Crippen molar-refractivity contribution in [3.05, 3.63) is 46.7 Å². The van der Waals surface area contributed by atoms with E-state index in [-0.39, 0.29) is 30.7 Å². The number of aryl methyl sites for hydroxylation is 1. The van der Waals surface area contributed by atoms with Crippen LogP contribution < -0.4 is 11.1 Å². The summed E-state index contributed by atoms with van der Waals surface area (Å²) in [4.78, 5) is 25.7. The van der Waals surface area contributed by atoms with Gasteiger partial charge in [0.25, 0.3) is 11.8 Å². The molecule has 0 spiro atoms. The number of fused-ring (bicyclic) bond motifs is 1. The van der Waals surface area contributed by atoms with Gasteiger partial charge in [0, 0.05) is 4.88 Å². The fourth-order valence-corrected chi connectivity index (χ4v) is 5.48. The van der Waals surface area contributed by atoms with Gasteiger partial charge in [-0.15, -0.1) is 11.3 Å². The summed E-state index contributed by atoms with van der Waals surface area (Å²) >= 11 is 31.6. The Bertz CT molecular complexity index is 912. The molecular formula is C16H11Cl5N2O2S. The van der Waals surface area contributed by atoms with Crippen LogP contribution in [0.15, 0.2) is 0 Å². The number of anilines is 1. The third-order valence-corrected chi connectivity index (χ3v) is 7.57. The summed E-state index contributed by atoms with van der Waals surface area (Å²) in [6, 6.07) is 0. The molecule has 10 heteroatoms. The Morgan fingerprint density at radius 2 is 1.38 bits per heavy atom. The maximum absolute atomic E-state index is 12.8. The highest BCUT2D eigenvalue weighted by atomic mass is 35.5. The van der Waals surface area contributed by atoms with Crippen LogP contribution >= 0.6 is 69.3 Å². The van der Waals surface area contributed by atoms with Crippen LogP contribution in [0.5, 0.6) is 0 Å². The highest BCUT2D eigenvalue weighted by Crippen LogP contribution is 2.45. The second kappa shape index (κ2) is 7.74. The largest absolute Gasteiger partial charge is 0.365 e. The molecular weight excluding hydrogens is 462 g/mol. The molecule has 0 atom stereocenters. The molecule has 0 fully saturated rings. The number of carbonyl (C=O) groups is 2. The van der Waals surface area contributed by atoms with Gasteiger partial charge in [-0.3, -0.25) is 9.59 Å². The van der Waals surface area contributed by atoms with Crippen molar-refractivity contribution in [2.45, 2.75) is 25.7 Å². The van der Waals surface area contributed by atoms with Crippen LogP contribution in [-0.4, -0.2) is 11.8 Å². The molecule has 3 N–H and O–H groups in total. The lowest BCUT2D eigenvalue weighted by molar-refractivity contribution is 0.100. The van der Waals surface area contributed by atoms with Crippen LogP contribution in [0.2, 0.25) is 25.1 Å². The smallest absolute Gasteiger partial charge is 0.259 e. The SMILES string of the molecule is NC(=O)c1c(NC(=O)c2c(Cl)c(Cl)c(Cl)c(Cl)c2Cl)sc2c1CCCC2. The number of primary amides is 1. The van der Waals surface area contributed by atoms with Crippen molar-refractivity contribution in [3.63, 3.8) is 0 Å². The molecule has 0 saturated carbocycles. The van der Waals surface area contributed by atoms with Gasteiger partial charge in [-0.2, -0.15) is 0 Å². The molecule has 1 aliphatic rings. The number of thiophene rings is 1. The first-order valence-electron chi connectivity index (χ1n) is 7.51. The topological polar surface area (TPSA) is 72.2 Å². The van der Waals surface area contributed by atoms with Crippen molar-refractivity contribution >= 4 is 86.2 Å². The molecule has 1 aromatic carbocycles. The normalized spacial score (nSPS) is 13.4. The summed E-state index contributed by atoms with van der Waals surface area (Å²) in [6.07, 6.45) is 3.59. The molecule has 0 bridgehead atoms. The Kier molecular flexibility index (Phi) is 5.97. The molecule has 1 aliphatic carbocycles. The summed E-state index contributed by atoms with van der Waals surface area (Å²) < 4.78 is 0. The van der Waals surface area contributed by atoms with Crippen molar-refractivity contribution in [1.82, 2.24) is 0 Å². The minimum atomic E-state index is -0.651. The van der Waals surface area contributed by atoms with E-state index in [1.807, 2.05) is 0 Å². The van der Waals surface area contributed by atoms with Crippen LogP contribution in [0.4, 0.5) is 5.00 Å². The van der Waals surface area contributed by atoms with E-state index in [0.717, 1.165) is 36.1 Å². The lowest BCUT2D eigenvalue weighted by Crippen LogP contribution is -2.19. The van der Waals surface area contributed by atoms with E-state index in [9.17, 15) is 9.59 Å². The zero-order chi connectivity index (χ0) is 19.2.